The Morgan fingerprint density at radius 3 is 2.06 bits per heavy atom. The van der Waals surface area contributed by atoms with Gasteiger partial charge < -0.3 is 10.6 Å². The topological polar surface area (TPSA) is 61.9 Å². The van der Waals surface area contributed by atoms with Crippen LogP contribution in [0.4, 0.5) is 5.69 Å². The molecule has 0 spiro atoms. The van der Waals surface area contributed by atoms with Crippen LogP contribution in [-0.2, 0) is 16.9 Å². The van der Waals surface area contributed by atoms with Crippen molar-refractivity contribution in [3.63, 3.8) is 0 Å². The molecule has 32 heavy (non-hydrogen) atoms. The standard InChI is InChI=1S/C27H28N4O/c28-26-29-27(22-12-4-1-5-13-22,23-14-6-2-7-15-23)25(32)31(26)20-21-11-10-16-24(19-21)30-17-8-3-9-18-30/h1-2,4-7,10-16,19H,3,8-9,17-18,20H2,(H2,28,29). The van der Waals surface area contributed by atoms with Gasteiger partial charge in [-0.05, 0) is 48.1 Å². The highest BCUT2D eigenvalue weighted by atomic mass is 16.2. The lowest BCUT2D eigenvalue weighted by Crippen LogP contribution is -2.43. The summed E-state index contributed by atoms with van der Waals surface area (Å²) in [4.78, 5) is 22.8. The molecule has 0 radical (unpaired) electrons. The molecular weight excluding hydrogens is 396 g/mol. The highest BCUT2D eigenvalue weighted by Crippen LogP contribution is 2.40. The Bertz CT molecular complexity index is 1080. The predicted octanol–water partition coefficient (Wildman–Crippen LogP) is 4.28. The average Bonchev–Trinajstić information content (AvgIpc) is 3.11. The molecule has 5 nitrogen and oxygen atoms in total. The third kappa shape index (κ3) is 3.54. The Morgan fingerprint density at radius 2 is 1.44 bits per heavy atom. The fourth-order valence-corrected chi connectivity index (χ4v) is 4.82. The summed E-state index contributed by atoms with van der Waals surface area (Å²) in [5.74, 6) is 0.141. The van der Waals surface area contributed by atoms with Crippen molar-refractivity contribution >= 4 is 17.6 Å². The van der Waals surface area contributed by atoms with E-state index in [4.69, 9.17) is 10.7 Å². The van der Waals surface area contributed by atoms with Crippen molar-refractivity contribution < 1.29 is 4.79 Å². The molecule has 2 heterocycles. The summed E-state index contributed by atoms with van der Waals surface area (Å²) < 4.78 is 0. The van der Waals surface area contributed by atoms with Crippen molar-refractivity contribution in [1.29, 1.82) is 0 Å². The fourth-order valence-electron chi connectivity index (χ4n) is 4.82. The van der Waals surface area contributed by atoms with Gasteiger partial charge in [0.2, 0.25) is 0 Å². The second kappa shape index (κ2) is 8.50. The molecule has 2 aliphatic rings. The quantitative estimate of drug-likeness (QED) is 0.665. The predicted molar refractivity (Wildman–Crippen MR) is 128 cm³/mol. The van der Waals surface area contributed by atoms with Crippen LogP contribution in [0.5, 0.6) is 0 Å². The van der Waals surface area contributed by atoms with Gasteiger partial charge in [-0.2, -0.15) is 0 Å². The molecule has 2 aliphatic heterocycles. The van der Waals surface area contributed by atoms with Crippen LogP contribution in [0.3, 0.4) is 0 Å². The molecule has 0 atom stereocenters. The van der Waals surface area contributed by atoms with Crippen molar-refractivity contribution in [1.82, 2.24) is 4.90 Å². The van der Waals surface area contributed by atoms with Crippen LogP contribution in [0.25, 0.3) is 0 Å². The summed E-state index contributed by atoms with van der Waals surface area (Å²) in [6.45, 7) is 2.57. The Labute approximate surface area is 189 Å². The van der Waals surface area contributed by atoms with Gasteiger partial charge in [0.25, 0.3) is 5.91 Å². The van der Waals surface area contributed by atoms with E-state index in [1.54, 1.807) is 4.90 Å². The molecule has 0 bridgehead atoms. The largest absolute Gasteiger partial charge is 0.372 e. The molecule has 0 unspecified atom stereocenters. The van der Waals surface area contributed by atoms with Gasteiger partial charge in [0, 0.05) is 18.8 Å². The van der Waals surface area contributed by atoms with E-state index in [2.05, 4.69) is 29.2 Å². The van der Waals surface area contributed by atoms with E-state index in [0.29, 0.717) is 6.54 Å². The molecular formula is C27H28N4O. The molecule has 1 fully saturated rings. The molecule has 162 valence electrons. The summed E-state index contributed by atoms with van der Waals surface area (Å²) in [7, 11) is 0. The van der Waals surface area contributed by atoms with E-state index >= 15 is 0 Å². The van der Waals surface area contributed by atoms with Gasteiger partial charge in [-0.25, -0.2) is 4.99 Å². The van der Waals surface area contributed by atoms with E-state index < -0.39 is 5.54 Å². The maximum Gasteiger partial charge on any atom is 0.266 e. The number of carbonyl (C=O) groups excluding carboxylic acids is 1. The van der Waals surface area contributed by atoms with Crippen LogP contribution >= 0.6 is 0 Å². The monoisotopic (exact) mass is 424 g/mol. The Morgan fingerprint density at radius 1 is 0.812 bits per heavy atom. The van der Waals surface area contributed by atoms with Crippen molar-refractivity contribution in [3.8, 4) is 0 Å². The van der Waals surface area contributed by atoms with Gasteiger partial charge >= 0.3 is 0 Å². The number of carbonyl (C=O) groups is 1. The number of nitrogens with zero attached hydrogens (tertiary/aromatic N) is 3. The lowest BCUT2D eigenvalue weighted by Gasteiger charge is -2.29. The molecule has 3 aromatic rings. The average molecular weight is 425 g/mol. The molecule has 3 aromatic carbocycles. The Balaban J connectivity index is 1.49. The van der Waals surface area contributed by atoms with Crippen LogP contribution < -0.4 is 10.6 Å². The van der Waals surface area contributed by atoms with Crippen LogP contribution in [0.15, 0.2) is 89.9 Å². The van der Waals surface area contributed by atoms with Gasteiger partial charge in [0.15, 0.2) is 11.5 Å². The molecule has 1 saturated heterocycles. The van der Waals surface area contributed by atoms with Crippen molar-refractivity contribution in [2.45, 2.75) is 31.3 Å². The number of piperidine rings is 1. The van der Waals surface area contributed by atoms with E-state index in [1.807, 2.05) is 60.7 Å². The molecule has 5 rings (SSSR count). The van der Waals surface area contributed by atoms with Crippen molar-refractivity contribution in [2.75, 3.05) is 18.0 Å². The SMILES string of the molecule is NC1=NC(c2ccccc2)(c2ccccc2)C(=O)N1Cc1cccc(N2CCCCC2)c1. The fraction of sp³-hybridized carbons (Fsp3) is 0.259. The van der Waals surface area contributed by atoms with E-state index in [0.717, 1.165) is 29.8 Å². The summed E-state index contributed by atoms with van der Waals surface area (Å²) in [5, 5.41) is 0. The number of hydrogen-bond acceptors (Lipinski definition) is 4. The number of rotatable bonds is 5. The zero-order valence-corrected chi connectivity index (χ0v) is 18.2. The van der Waals surface area contributed by atoms with Crippen molar-refractivity contribution in [2.24, 2.45) is 10.7 Å². The third-order valence-electron chi connectivity index (χ3n) is 6.47. The highest BCUT2D eigenvalue weighted by Gasteiger charge is 2.50. The van der Waals surface area contributed by atoms with Crippen LogP contribution in [0, 0.1) is 0 Å². The summed E-state index contributed by atoms with van der Waals surface area (Å²) in [6.07, 6.45) is 3.75. The first-order valence-electron chi connectivity index (χ1n) is 11.3. The lowest BCUT2D eigenvalue weighted by atomic mass is 9.83. The molecule has 1 amide bonds. The maximum atomic E-state index is 14.0. The normalized spacial score (nSPS) is 18.0. The van der Waals surface area contributed by atoms with Gasteiger partial charge in [-0.15, -0.1) is 0 Å². The van der Waals surface area contributed by atoms with Crippen molar-refractivity contribution in [3.05, 3.63) is 102 Å². The molecule has 0 saturated carbocycles. The van der Waals surface area contributed by atoms with Gasteiger partial charge in [0.05, 0.1) is 6.54 Å². The summed E-state index contributed by atoms with van der Waals surface area (Å²) in [5.41, 5.74) is 9.15. The first-order chi connectivity index (χ1) is 15.7. The van der Waals surface area contributed by atoms with E-state index in [1.165, 1.54) is 24.9 Å². The number of guanidine groups is 1. The summed E-state index contributed by atoms with van der Waals surface area (Å²) in [6, 6.07) is 27.9. The van der Waals surface area contributed by atoms with E-state index in [-0.39, 0.29) is 11.9 Å². The highest BCUT2D eigenvalue weighted by molar-refractivity contribution is 6.09. The second-order valence-electron chi connectivity index (χ2n) is 8.52. The van der Waals surface area contributed by atoms with Crippen LogP contribution in [-0.4, -0.2) is 29.9 Å². The zero-order valence-electron chi connectivity index (χ0n) is 18.2. The molecule has 0 aliphatic carbocycles. The smallest absolute Gasteiger partial charge is 0.266 e. The number of hydrogen-bond donors (Lipinski definition) is 1. The minimum absolute atomic E-state index is 0.115. The number of amides is 1. The van der Waals surface area contributed by atoms with Crippen LogP contribution in [0.1, 0.15) is 36.0 Å². The number of benzene rings is 3. The Kier molecular flexibility index (Phi) is 5.39. The first-order valence-corrected chi connectivity index (χ1v) is 11.3. The zero-order chi connectivity index (χ0) is 22.0. The second-order valence-corrected chi connectivity index (χ2v) is 8.52. The maximum absolute atomic E-state index is 14.0. The van der Waals surface area contributed by atoms with Gasteiger partial charge in [-0.1, -0.05) is 72.8 Å². The van der Waals surface area contributed by atoms with E-state index in [9.17, 15) is 4.79 Å². The number of aliphatic imine (C=N–C) groups is 1. The number of nitrogens with two attached hydrogens (primary N) is 1. The van der Waals surface area contributed by atoms with Gasteiger partial charge in [-0.3, -0.25) is 9.69 Å². The number of anilines is 1. The summed E-state index contributed by atoms with van der Waals surface area (Å²) >= 11 is 0. The molecule has 5 heteroatoms. The minimum Gasteiger partial charge on any atom is -0.372 e. The van der Waals surface area contributed by atoms with Gasteiger partial charge in [0.1, 0.15) is 0 Å². The van der Waals surface area contributed by atoms with Crippen LogP contribution in [0.2, 0.25) is 0 Å². The minimum atomic E-state index is -1.16. The molecule has 0 aromatic heterocycles. The lowest BCUT2D eigenvalue weighted by molar-refractivity contribution is -0.130. The Hall–Kier alpha value is -3.60. The molecule has 2 N–H and O–H groups in total. The third-order valence-corrected chi connectivity index (χ3v) is 6.47. The first kappa shape index (κ1) is 20.3.